The van der Waals surface area contributed by atoms with Crippen molar-refractivity contribution in [3.63, 3.8) is 0 Å². The fraction of sp³-hybridized carbons (Fsp3) is 0.0588. The van der Waals surface area contributed by atoms with E-state index in [1.165, 1.54) is 0 Å². The van der Waals surface area contributed by atoms with Crippen LogP contribution in [0.25, 0.3) is 5.57 Å². The van der Waals surface area contributed by atoms with E-state index < -0.39 is 0 Å². The van der Waals surface area contributed by atoms with Gasteiger partial charge in [-0.15, -0.1) is 0 Å². The van der Waals surface area contributed by atoms with Crippen molar-refractivity contribution in [2.45, 2.75) is 6.04 Å². The van der Waals surface area contributed by atoms with Crippen LogP contribution in [-0.2, 0) is 0 Å². The smallest absolute Gasteiger partial charge is 0.0932 e. The highest BCUT2D eigenvalue weighted by Crippen LogP contribution is 2.30. The lowest BCUT2D eigenvalue weighted by molar-refractivity contribution is 0.952. The molecule has 1 aromatic carbocycles. The summed E-state index contributed by atoms with van der Waals surface area (Å²) < 4.78 is 0. The van der Waals surface area contributed by atoms with Gasteiger partial charge in [-0.05, 0) is 42.0 Å². The van der Waals surface area contributed by atoms with Crippen molar-refractivity contribution < 1.29 is 0 Å². The highest BCUT2D eigenvalue weighted by atomic mass is 15.0. The van der Waals surface area contributed by atoms with E-state index in [1.807, 2.05) is 48.8 Å². The normalized spacial score (nSPS) is 12.0. The van der Waals surface area contributed by atoms with Gasteiger partial charge in [-0.3, -0.25) is 0 Å². The molecular weight excluding hydrogens is 246 g/mol. The third-order valence-electron chi connectivity index (χ3n) is 3.31. The van der Waals surface area contributed by atoms with Gasteiger partial charge < -0.3 is 15.3 Å². The summed E-state index contributed by atoms with van der Waals surface area (Å²) in [4.78, 5) is 6.47. The van der Waals surface area contributed by atoms with Gasteiger partial charge in [0, 0.05) is 29.5 Å². The summed E-state index contributed by atoms with van der Waals surface area (Å²) in [5.74, 6) is 0. The maximum atomic E-state index is 4.24. The number of aromatic amines is 2. The molecule has 0 spiro atoms. The number of benzene rings is 1. The molecule has 3 nitrogen and oxygen atoms in total. The fourth-order valence-electron chi connectivity index (χ4n) is 2.26. The monoisotopic (exact) mass is 263 g/mol. The molecule has 3 aromatic rings. The molecule has 0 amide bonds. The van der Waals surface area contributed by atoms with Crippen molar-refractivity contribution in [1.29, 1.82) is 0 Å². The largest absolute Gasteiger partial charge is 0.373 e. The summed E-state index contributed by atoms with van der Waals surface area (Å²) in [5.41, 5.74) is 4.20. The van der Waals surface area contributed by atoms with Crippen molar-refractivity contribution in [3.05, 3.63) is 85.0 Å². The third-order valence-corrected chi connectivity index (χ3v) is 3.31. The predicted octanol–water partition coefficient (Wildman–Crippen LogP) is 4.21. The summed E-state index contributed by atoms with van der Waals surface area (Å²) in [6, 6.07) is 18.2. The molecule has 0 saturated carbocycles. The van der Waals surface area contributed by atoms with Gasteiger partial charge in [0.25, 0.3) is 0 Å². The molecule has 100 valence electrons. The highest BCUT2D eigenvalue weighted by Gasteiger charge is 2.17. The molecular formula is C17H17N3. The lowest BCUT2D eigenvalue weighted by atomic mass is 10.0. The van der Waals surface area contributed by atoms with Gasteiger partial charge >= 0.3 is 0 Å². The van der Waals surface area contributed by atoms with Crippen molar-refractivity contribution in [2.75, 3.05) is 5.32 Å². The van der Waals surface area contributed by atoms with Gasteiger partial charge in [-0.1, -0.05) is 24.8 Å². The van der Waals surface area contributed by atoms with Crippen LogP contribution < -0.4 is 5.32 Å². The second-order valence-electron chi connectivity index (χ2n) is 4.68. The molecule has 2 heterocycles. The number of nitrogens with one attached hydrogen (secondary N) is 3. The van der Waals surface area contributed by atoms with Crippen molar-refractivity contribution in [1.82, 2.24) is 9.97 Å². The Morgan fingerprint density at radius 1 is 0.900 bits per heavy atom. The Balaban J connectivity index is 1.91. The second-order valence-corrected chi connectivity index (χ2v) is 4.68. The van der Waals surface area contributed by atoms with E-state index in [1.54, 1.807) is 0 Å². The molecule has 3 rings (SSSR count). The van der Waals surface area contributed by atoms with Crippen LogP contribution in [0.3, 0.4) is 0 Å². The Morgan fingerprint density at radius 2 is 1.65 bits per heavy atom. The fourth-order valence-corrected chi connectivity index (χ4v) is 2.26. The number of hydrogen-bond acceptors (Lipinski definition) is 1. The van der Waals surface area contributed by atoms with E-state index in [-0.39, 0.29) is 6.04 Å². The summed E-state index contributed by atoms with van der Waals surface area (Å²) in [5, 5.41) is 3.52. The second kappa shape index (κ2) is 5.53. The minimum atomic E-state index is 0.00560. The van der Waals surface area contributed by atoms with Crippen LogP contribution in [0.2, 0.25) is 0 Å². The first kappa shape index (κ1) is 12.4. The van der Waals surface area contributed by atoms with Gasteiger partial charge in [-0.2, -0.15) is 0 Å². The SMILES string of the molecule is C=C(c1ccc[nH]1)C(Nc1ccccc1)c1ccc[nH]1. The molecule has 1 unspecified atom stereocenters. The lowest BCUT2D eigenvalue weighted by Gasteiger charge is -2.21. The zero-order valence-corrected chi connectivity index (χ0v) is 11.1. The predicted molar refractivity (Wildman–Crippen MR) is 83.4 cm³/mol. The number of hydrogen-bond donors (Lipinski definition) is 3. The first-order valence-corrected chi connectivity index (χ1v) is 6.62. The van der Waals surface area contributed by atoms with Gasteiger partial charge in [0.1, 0.15) is 0 Å². The number of rotatable bonds is 5. The van der Waals surface area contributed by atoms with E-state index in [9.17, 15) is 0 Å². The van der Waals surface area contributed by atoms with Gasteiger partial charge in [-0.25, -0.2) is 0 Å². The first-order chi connectivity index (χ1) is 9.84. The molecule has 0 aliphatic heterocycles. The maximum absolute atomic E-state index is 4.24. The molecule has 2 aromatic heterocycles. The number of para-hydroxylation sites is 1. The molecule has 0 aliphatic rings. The molecule has 0 aliphatic carbocycles. The van der Waals surface area contributed by atoms with Crippen LogP contribution in [0.1, 0.15) is 17.4 Å². The summed E-state index contributed by atoms with van der Waals surface area (Å²) in [6.07, 6.45) is 3.84. The van der Waals surface area contributed by atoms with Gasteiger partial charge in [0.15, 0.2) is 0 Å². The minimum Gasteiger partial charge on any atom is -0.373 e. The Morgan fingerprint density at radius 3 is 2.30 bits per heavy atom. The van der Waals surface area contributed by atoms with Crippen LogP contribution in [0.5, 0.6) is 0 Å². The Labute approximate surface area is 118 Å². The van der Waals surface area contributed by atoms with E-state index in [2.05, 4.69) is 40.1 Å². The van der Waals surface area contributed by atoms with E-state index in [0.29, 0.717) is 0 Å². The molecule has 0 fully saturated rings. The molecule has 1 atom stereocenters. The zero-order valence-electron chi connectivity index (χ0n) is 11.1. The Kier molecular flexibility index (Phi) is 3.42. The summed E-state index contributed by atoms with van der Waals surface area (Å²) >= 11 is 0. The van der Waals surface area contributed by atoms with Crippen molar-refractivity contribution in [3.8, 4) is 0 Å². The molecule has 0 radical (unpaired) electrons. The van der Waals surface area contributed by atoms with Gasteiger partial charge in [0.05, 0.1) is 6.04 Å². The average molecular weight is 263 g/mol. The van der Waals surface area contributed by atoms with E-state index >= 15 is 0 Å². The van der Waals surface area contributed by atoms with Crippen LogP contribution in [0, 0.1) is 0 Å². The number of anilines is 1. The molecule has 0 bridgehead atoms. The molecule has 20 heavy (non-hydrogen) atoms. The minimum absolute atomic E-state index is 0.00560. The topological polar surface area (TPSA) is 43.6 Å². The average Bonchev–Trinajstić information content (AvgIpc) is 3.18. The molecule has 3 heteroatoms. The Bertz CT molecular complexity index is 652. The van der Waals surface area contributed by atoms with Crippen LogP contribution in [0.4, 0.5) is 5.69 Å². The zero-order chi connectivity index (χ0) is 13.8. The highest BCUT2D eigenvalue weighted by molar-refractivity contribution is 5.70. The van der Waals surface area contributed by atoms with Crippen LogP contribution >= 0.6 is 0 Å². The van der Waals surface area contributed by atoms with Gasteiger partial charge in [0.2, 0.25) is 0 Å². The van der Waals surface area contributed by atoms with Crippen molar-refractivity contribution in [2.24, 2.45) is 0 Å². The number of H-pyrrole nitrogens is 2. The first-order valence-electron chi connectivity index (χ1n) is 6.62. The standard InChI is InChI=1S/C17H17N3/c1-13(15-9-5-11-18-15)17(16-10-6-12-19-16)20-14-7-3-2-4-8-14/h2-12,17-20H,1H2. The number of aromatic nitrogens is 2. The summed E-state index contributed by atoms with van der Waals surface area (Å²) in [6.45, 7) is 4.24. The van der Waals surface area contributed by atoms with Crippen LogP contribution in [0.15, 0.2) is 73.6 Å². The quantitative estimate of drug-likeness (QED) is 0.634. The lowest BCUT2D eigenvalue weighted by Crippen LogP contribution is -2.13. The van der Waals surface area contributed by atoms with Crippen molar-refractivity contribution >= 4 is 11.3 Å². The third kappa shape index (κ3) is 2.52. The van der Waals surface area contributed by atoms with Crippen LogP contribution in [-0.4, -0.2) is 9.97 Å². The van der Waals surface area contributed by atoms with E-state index in [0.717, 1.165) is 22.6 Å². The van der Waals surface area contributed by atoms with E-state index in [4.69, 9.17) is 0 Å². The Hall–Kier alpha value is -2.68. The maximum Gasteiger partial charge on any atom is 0.0932 e. The summed E-state index contributed by atoms with van der Waals surface area (Å²) in [7, 11) is 0. The molecule has 3 N–H and O–H groups in total. The molecule has 0 saturated heterocycles.